The van der Waals surface area contributed by atoms with Crippen LogP contribution in [0.25, 0.3) is 21.3 Å². The lowest BCUT2D eigenvalue weighted by atomic mass is 9.84. The van der Waals surface area contributed by atoms with Crippen molar-refractivity contribution in [2.75, 3.05) is 13.2 Å². The summed E-state index contributed by atoms with van der Waals surface area (Å²) < 4.78 is 30.4. The summed E-state index contributed by atoms with van der Waals surface area (Å²) in [5, 5.41) is 17.6. The van der Waals surface area contributed by atoms with Crippen molar-refractivity contribution in [3.63, 3.8) is 0 Å². The summed E-state index contributed by atoms with van der Waals surface area (Å²) in [5.41, 5.74) is 5.10. The number of nitrogens with one attached hydrogen (secondary N) is 3. The van der Waals surface area contributed by atoms with Gasteiger partial charge in [0.25, 0.3) is 5.91 Å². The molecule has 0 saturated carbocycles. The van der Waals surface area contributed by atoms with Crippen LogP contribution in [0.5, 0.6) is 0 Å². The Balaban J connectivity index is 1.18. The summed E-state index contributed by atoms with van der Waals surface area (Å²) in [5.74, 6) is -1.43. The highest BCUT2D eigenvalue weighted by atomic mass is 32.2. The van der Waals surface area contributed by atoms with E-state index in [1.165, 1.54) is 27.0 Å². The highest BCUT2D eigenvalue weighted by Crippen LogP contribution is 2.36. The van der Waals surface area contributed by atoms with Gasteiger partial charge in [0.1, 0.15) is 11.7 Å². The van der Waals surface area contributed by atoms with Gasteiger partial charge in [-0.2, -0.15) is 4.31 Å². The first kappa shape index (κ1) is 38.0. The van der Waals surface area contributed by atoms with E-state index < -0.39 is 46.4 Å². The number of sulfonamides is 1. The fourth-order valence-corrected chi connectivity index (χ4v) is 10.4. The van der Waals surface area contributed by atoms with Gasteiger partial charge in [0, 0.05) is 45.6 Å². The third-order valence-corrected chi connectivity index (χ3v) is 13.2. The van der Waals surface area contributed by atoms with E-state index in [9.17, 15) is 23.1 Å². The molecule has 11 nitrogen and oxygen atoms in total. The van der Waals surface area contributed by atoms with Crippen molar-refractivity contribution < 1.29 is 23.1 Å². The Hall–Kier alpha value is -5.25. The molecule has 2 amide bonds. The Kier molecular flexibility index (Phi) is 11.5. The monoisotopic (exact) mass is 792 g/mol. The van der Waals surface area contributed by atoms with Gasteiger partial charge in [-0.3, -0.25) is 9.59 Å². The predicted octanol–water partition coefficient (Wildman–Crippen LogP) is 6.86. The lowest BCUT2D eigenvalue weighted by Gasteiger charge is -2.30. The summed E-state index contributed by atoms with van der Waals surface area (Å²) in [4.78, 5) is 41.6. The van der Waals surface area contributed by atoms with Crippen LogP contribution in [0, 0.1) is 5.92 Å². The number of amides is 2. The largest absolute Gasteiger partial charge is 0.394 e. The number of hydrogen-bond acceptors (Lipinski definition) is 9. The molecule has 3 aromatic carbocycles. The third-order valence-electron chi connectivity index (χ3n) is 9.34. The van der Waals surface area contributed by atoms with Crippen molar-refractivity contribution >= 4 is 65.8 Å². The smallest absolute Gasteiger partial charge is 0.251 e. The van der Waals surface area contributed by atoms with Crippen molar-refractivity contribution in [1.82, 2.24) is 29.9 Å². The summed E-state index contributed by atoms with van der Waals surface area (Å²) in [6.07, 6.45) is 3.52. The molecule has 4 N–H and O–H groups in total. The topological polar surface area (TPSA) is 157 Å². The van der Waals surface area contributed by atoms with Gasteiger partial charge in [-0.1, -0.05) is 62.4 Å². The zero-order chi connectivity index (χ0) is 38.5. The number of fused-ring (bicyclic) bond motifs is 2. The van der Waals surface area contributed by atoms with E-state index in [0.29, 0.717) is 16.1 Å². The molecule has 3 atom stereocenters. The number of H-pyrrole nitrogens is 1. The maximum Gasteiger partial charge on any atom is 0.251 e. The zero-order valence-electron chi connectivity index (χ0n) is 30.1. The van der Waals surface area contributed by atoms with Crippen molar-refractivity contribution in [2.24, 2.45) is 5.92 Å². The number of aliphatic hydroxyl groups is 1. The Bertz CT molecular complexity index is 2520. The average molecular weight is 793 g/mol. The highest BCUT2D eigenvalue weighted by molar-refractivity contribution is 7.89. The Morgan fingerprint density at radius 3 is 2.44 bits per heavy atom. The maximum absolute atomic E-state index is 14.4. The second-order valence-electron chi connectivity index (χ2n) is 13.5. The van der Waals surface area contributed by atoms with Crippen LogP contribution in [0.1, 0.15) is 57.0 Å². The Morgan fingerprint density at radius 1 is 0.927 bits per heavy atom. The van der Waals surface area contributed by atoms with Crippen LogP contribution in [-0.2, 0) is 21.4 Å². The normalized spacial score (nSPS) is 13.6. The SMILES string of the molecule is CC(C)CN(C(CO)c1ccc(CNC(=O)C(NC(=O)c2ccccc2)C(c2ccccc2)c2c[nH]c3ncccc23)s1)S(=O)(=O)c1ccc2ncsc2c1. The van der Waals surface area contributed by atoms with Crippen LogP contribution in [0.15, 0.2) is 126 Å². The number of pyridine rings is 1. The number of thiophene rings is 1. The van der Waals surface area contributed by atoms with Crippen molar-refractivity contribution in [3.05, 3.63) is 147 Å². The predicted molar refractivity (Wildman–Crippen MR) is 216 cm³/mol. The van der Waals surface area contributed by atoms with E-state index in [1.54, 1.807) is 60.2 Å². The van der Waals surface area contributed by atoms with Crippen molar-refractivity contribution in [2.45, 2.75) is 43.3 Å². The molecule has 0 aliphatic carbocycles. The molecule has 7 rings (SSSR count). The van der Waals surface area contributed by atoms with Gasteiger partial charge in [0.05, 0.1) is 39.8 Å². The number of nitrogens with zero attached hydrogens (tertiary/aromatic N) is 3. The van der Waals surface area contributed by atoms with E-state index >= 15 is 0 Å². The second kappa shape index (κ2) is 16.6. The van der Waals surface area contributed by atoms with Crippen LogP contribution in [0.4, 0.5) is 0 Å². The number of carbonyl (C=O) groups is 2. The number of carbonyl (C=O) groups excluding carboxylic acids is 2. The van der Waals surface area contributed by atoms with Crippen molar-refractivity contribution in [3.8, 4) is 0 Å². The lowest BCUT2D eigenvalue weighted by Crippen LogP contribution is -2.50. The van der Waals surface area contributed by atoms with Gasteiger partial charge in [-0.25, -0.2) is 18.4 Å². The Labute approximate surface area is 327 Å². The number of benzene rings is 3. The summed E-state index contributed by atoms with van der Waals surface area (Å²) >= 11 is 2.68. The number of aromatic amines is 1. The molecular weight excluding hydrogens is 753 g/mol. The minimum atomic E-state index is -4.02. The number of aromatic nitrogens is 3. The van der Waals surface area contributed by atoms with Gasteiger partial charge in [0.15, 0.2) is 0 Å². The highest BCUT2D eigenvalue weighted by Gasteiger charge is 2.36. The van der Waals surface area contributed by atoms with Crippen LogP contribution in [0.3, 0.4) is 0 Å². The molecule has 282 valence electrons. The second-order valence-corrected chi connectivity index (χ2v) is 17.5. The first-order valence-electron chi connectivity index (χ1n) is 17.8. The van der Waals surface area contributed by atoms with Gasteiger partial charge in [0.2, 0.25) is 15.9 Å². The first-order chi connectivity index (χ1) is 26.6. The molecule has 0 bridgehead atoms. The lowest BCUT2D eigenvalue weighted by molar-refractivity contribution is -0.123. The molecule has 0 aliphatic rings. The minimum absolute atomic E-state index is 0.0248. The number of hydrogen-bond donors (Lipinski definition) is 4. The molecule has 0 saturated heterocycles. The molecular formula is C41H40N6O5S3. The van der Waals surface area contributed by atoms with E-state index in [2.05, 4.69) is 25.6 Å². The third kappa shape index (κ3) is 8.23. The average Bonchev–Trinajstić information content (AvgIpc) is 3.98. The van der Waals surface area contributed by atoms with E-state index in [0.717, 1.165) is 31.6 Å². The molecule has 0 aliphatic heterocycles. The van der Waals surface area contributed by atoms with Gasteiger partial charge in [-0.05, 0) is 71.6 Å². The quantitative estimate of drug-likeness (QED) is 0.0884. The molecule has 0 spiro atoms. The van der Waals surface area contributed by atoms with Gasteiger partial charge >= 0.3 is 0 Å². The number of thiazole rings is 1. The maximum atomic E-state index is 14.4. The summed E-state index contributed by atoms with van der Waals surface area (Å²) in [6.45, 7) is 3.72. The van der Waals surface area contributed by atoms with E-state index in [4.69, 9.17) is 0 Å². The number of aliphatic hydroxyl groups excluding tert-OH is 1. The number of rotatable bonds is 15. The van der Waals surface area contributed by atoms with Crippen molar-refractivity contribution in [1.29, 1.82) is 0 Å². The Morgan fingerprint density at radius 2 is 1.69 bits per heavy atom. The molecule has 0 radical (unpaired) electrons. The van der Waals surface area contributed by atoms with Gasteiger partial charge < -0.3 is 20.7 Å². The molecule has 14 heteroatoms. The fourth-order valence-electron chi connectivity index (χ4n) is 6.72. The van der Waals surface area contributed by atoms with Crippen LogP contribution < -0.4 is 10.6 Å². The molecule has 3 unspecified atom stereocenters. The molecule has 0 fully saturated rings. The van der Waals surface area contributed by atoms with Crippen LogP contribution in [0.2, 0.25) is 0 Å². The molecule has 55 heavy (non-hydrogen) atoms. The van der Waals surface area contributed by atoms with Crippen LogP contribution >= 0.6 is 22.7 Å². The van der Waals surface area contributed by atoms with E-state index in [-0.39, 0.29) is 23.9 Å². The fraction of sp³-hybridized carbons (Fsp3) is 0.220. The minimum Gasteiger partial charge on any atom is -0.394 e. The zero-order valence-corrected chi connectivity index (χ0v) is 32.6. The standard InChI is InChI=1S/C41H40N6O5S3/c1-26(2)23-47(55(51,52)30-16-17-33-36(20-30)53-25-45-33)34(24-48)35-18-15-29(54-35)21-44-41(50)38(46-40(49)28-12-7-4-8-13-28)37(27-10-5-3-6-11-27)32-22-43-39-31(32)14-9-19-42-39/h3-20,22,25-26,34,37-38,48H,21,23-24H2,1-2H3,(H,42,43)(H,44,50)(H,46,49). The van der Waals surface area contributed by atoms with Crippen LogP contribution in [-0.4, -0.2) is 63.8 Å². The van der Waals surface area contributed by atoms with Gasteiger partial charge in [-0.15, -0.1) is 22.7 Å². The molecule has 7 aromatic rings. The first-order valence-corrected chi connectivity index (χ1v) is 20.9. The molecule has 4 heterocycles. The molecule has 4 aromatic heterocycles. The summed E-state index contributed by atoms with van der Waals surface area (Å²) in [6, 6.07) is 28.7. The van der Waals surface area contributed by atoms with E-state index in [1.807, 2.05) is 74.6 Å². The summed E-state index contributed by atoms with van der Waals surface area (Å²) in [7, 11) is -4.02.